The van der Waals surface area contributed by atoms with E-state index in [1.54, 1.807) is 0 Å². The van der Waals surface area contributed by atoms with Crippen LogP contribution in [-0.2, 0) is 65.4 Å². The standard InChI is InChI=1S/C57H110O17P2/c1-6-10-13-16-18-20-22-24-26-33-38-43-57(62)74-53(47-68-55(60)41-36-31-28-27-30-34-39-50(5)9-4)49-72-76(65,66)70-45-51(58)44-69-75(63,64)71-48-52(46-67-54(59)40-35-29-15-12-8-3)73-56(61)42-37-32-25-23-21-19-17-14-11-7-2/h50-53,58H,6-49H2,1-5H3,(H,63,64)(H,65,66)/t50?,51-,52+,53+/m0/s1. The van der Waals surface area contributed by atoms with Crippen LogP contribution >= 0.6 is 15.6 Å². The maximum atomic E-state index is 12.9. The minimum Gasteiger partial charge on any atom is -0.462 e. The molecule has 0 spiro atoms. The van der Waals surface area contributed by atoms with Gasteiger partial charge in [-0.2, -0.15) is 0 Å². The number of hydrogen-bond acceptors (Lipinski definition) is 15. The molecule has 0 amide bonds. The van der Waals surface area contributed by atoms with Gasteiger partial charge < -0.3 is 33.8 Å². The average Bonchev–Trinajstić information content (AvgIpc) is 3.39. The summed E-state index contributed by atoms with van der Waals surface area (Å²) < 4.78 is 67.5. The SMILES string of the molecule is CCCCCCCCCCCCCC(=O)O[C@H](COC(=O)CCCCCCCCC(C)CC)COP(=O)(O)OC[C@@H](O)COP(=O)(O)OC[C@@H](COC(=O)CCCCCCC)OC(=O)CCCCCCCCCCCC. The molecule has 0 aromatic rings. The quantitative estimate of drug-likeness (QED) is 0.0222. The number of phosphoric ester groups is 2. The first kappa shape index (κ1) is 74.1. The highest BCUT2D eigenvalue weighted by Crippen LogP contribution is 2.45. The first-order chi connectivity index (χ1) is 36.6. The Kier molecular flexibility index (Phi) is 49.9. The van der Waals surface area contributed by atoms with Crippen LogP contribution in [0.1, 0.15) is 279 Å². The zero-order chi connectivity index (χ0) is 56.4. The third-order valence-electron chi connectivity index (χ3n) is 13.4. The molecule has 0 rings (SSSR count). The van der Waals surface area contributed by atoms with Gasteiger partial charge in [-0.3, -0.25) is 37.3 Å². The predicted molar refractivity (Wildman–Crippen MR) is 298 cm³/mol. The summed E-state index contributed by atoms with van der Waals surface area (Å²) in [7, 11) is -9.86. The largest absolute Gasteiger partial charge is 0.472 e. The topological polar surface area (TPSA) is 237 Å². The van der Waals surface area contributed by atoms with Crippen LogP contribution in [0.25, 0.3) is 0 Å². The third kappa shape index (κ3) is 50.3. The van der Waals surface area contributed by atoms with E-state index < -0.39 is 97.5 Å². The molecule has 6 atom stereocenters. The van der Waals surface area contributed by atoms with E-state index >= 15 is 0 Å². The van der Waals surface area contributed by atoms with Gasteiger partial charge in [0.05, 0.1) is 26.4 Å². The first-order valence-electron chi connectivity index (χ1n) is 30.2. The Morgan fingerprint density at radius 2 is 0.632 bits per heavy atom. The zero-order valence-electron chi connectivity index (χ0n) is 48.4. The van der Waals surface area contributed by atoms with Crippen molar-refractivity contribution in [3.05, 3.63) is 0 Å². The molecule has 0 aliphatic heterocycles. The highest BCUT2D eigenvalue weighted by atomic mass is 31.2. The van der Waals surface area contributed by atoms with Crippen molar-refractivity contribution in [2.45, 2.75) is 297 Å². The molecule has 0 aromatic heterocycles. The summed E-state index contributed by atoms with van der Waals surface area (Å²) in [6, 6.07) is 0. The van der Waals surface area contributed by atoms with Crippen LogP contribution in [0.3, 0.4) is 0 Å². The van der Waals surface area contributed by atoms with E-state index in [4.69, 9.17) is 37.0 Å². The molecule has 0 radical (unpaired) electrons. The van der Waals surface area contributed by atoms with E-state index in [1.807, 2.05) is 0 Å². The van der Waals surface area contributed by atoms with Gasteiger partial charge in [0.15, 0.2) is 12.2 Å². The molecule has 3 unspecified atom stereocenters. The monoisotopic (exact) mass is 1130 g/mol. The molecule has 17 nitrogen and oxygen atoms in total. The van der Waals surface area contributed by atoms with Crippen molar-refractivity contribution in [2.75, 3.05) is 39.6 Å². The minimum absolute atomic E-state index is 0.105. The lowest BCUT2D eigenvalue weighted by Gasteiger charge is -2.21. The van der Waals surface area contributed by atoms with Crippen molar-refractivity contribution in [2.24, 2.45) is 5.92 Å². The zero-order valence-corrected chi connectivity index (χ0v) is 50.2. The highest BCUT2D eigenvalue weighted by Gasteiger charge is 2.30. The van der Waals surface area contributed by atoms with Crippen molar-refractivity contribution < 1.29 is 80.2 Å². The summed E-state index contributed by atoms with van der Waals surface area (Å²) in [5.41, 5.74) is 0. The van der Waals surface area contributed by atoms with Gasteiger partial charge in [-0.25, -0.2) is 9.13 Å². The van der Waals surface area contributed by atoms with E-state index in [1.165, 1.54) is 89.9 Å². The molecule has 0 aliphatic carbocycles. The third-order valence-corrected chi connectivity index (χ3v) is 15.3. The summed E-state index contributed by atoms with van der Waals surface area (Å²) in [6.45, 7) is 7.00. The smallest absolute Gasteiger partial charge is 0.462 e. The van der Waals surface area contributed by atoms with Crippen LogP contribution in [0, 0.1) is 5.92 Å². The second-order valence-electron chi connectivity index (χ2n) is 20.9. The summed E-state index contributed by atoms with van der Waals surface area (Å²) in [5.74, 6) is -1.42. The Morgan fingerprint density at radius 1 is 0.368 bits per heavy atom. The molecule has 0 fully saturated rings. The summed E-state index contributed by atoms with van der Waals surface area (Å²) in [6.07, 6.45) is 32.4. The lowest BCUT2D eigenvalue weighted by molar-refractivity contribution is -0.161. The summed E-state index contributed by atoms with van der Waals surface area (Å²) in [5, 5.41) is 10.5. The number of aliphatic hydroxyl groups is 1. The maximum absolute atomic E-state index is 12.9. The van der Waals surface area contributed by atoms with E-state index in [-0.39, 0.29) is 25.7 Å². The van der Waals surface area contributed by atoms with Gasteiger partial charge in [-0.05, 0) is 31.6 Å². The molecule has 0 saturated carbocycles. The molecule has 450 valence electrons. The Bertz CT molecular complexity index is 1500. The van der Waals surface area contributed by atoms with E-state index in [9.17, 15) is 43.2 Å². The molecule has 0 aromatic carbocycles. The maximum Gasteiger partial charge on any atom is 0.472 e. The van der Waals surface area contributed by atoms with Crippen LogP contribution in [-0.4, -0.2) is 96.7 Å². The molecule has 0 saturated heterocycles. The average molecular weight is 1130 g/mol. The Hall–Kier alpha value is -1.94. The van der Waals surface area contributed by atoms with Crippen molar-refractivity contribution in [3.8, 4) is 0 Å². The fourth-order valence-corrected chi connectivity index (χ4v) is 9.89. The van der Waals surface area contributed by atoms with Crippen LogP contribution < -0.4 is 0 Å². The molecule has 3 N–H and O–H groups in total. The number of carbonyl (C=O) groups is 4. The minimum atomic E-state index is -4.93. The number of carbonyl (C=O) groups excluding carboxylic acids is 4. The second-order valence-corrected chi connectivity index (χ2v) is 23.8. The number of rotatable bonds is 57. The van der Waals surface area contributed by atoms with Crippen LogP contribution in [0.2, 0.25) is 0 Å². The van der Waals surface area contributed by atoms with Crippen LogP contribution in [0.15, 0.2) is 0 Å². The number of esters is 4. The molecule has 19 heteroatoms. The second kappa shape index (κ2) is 51.2. The van der Waals surface area contributed by atoms with Gasteiger partial charge in [0.1, 0.15) is 19.3 Å². The Morgan fingerprint density at radius 3 is 0.934 bits per heavy atom. The molecule has 0 heterocycles. The molecule has 0 bridgehead atoms. The van der Waals surface area contributed by atoms with Crippen LogP contribution in [0.4, 0.5) is 0 Å². The predicted octanol–water partition coefficient (Wildman–Crippen LogP) is 15.1. The van der Waals surface area contributed by atoms with Crippen molar-refractivity contribution in [1.29, 1.82) is 0 Å². The molecular weight excluding hydrogens is 1020 g/mol. The number of hydrogen-bond donors (Lipinski definition) is 3. The van der Waals surface area contributed by atoms with Gasteiger partial charge >= 0.3 is 39.5 Å². The first-order valence-corrected chi connectivity index (χ1v) is 33.2. The fourth-order valence-electron chi connectivity index (χ4n) is 8.31. The Balaban J connectivity index is 5.19. The van der Waals surface area contributed by atoms with Gasteiger partial charge in [0.25, 0.3) is 0 Å². The molecule has 76 heavy (non-hydrogen) atoms. The summed E-state index contributed by atoms with van der Waals surface area (Å²) in [4.78, 5) is 71.6. The summed E-state index contributed by atoms with van der Waals surface area (Å²) >= 11 is 0. The van der Waals surface area contributed by atoms with Gasteiger partial charge in [-0.1, -0.05) is 227 Å². The van der Waals surface area contributed by atoms with Crippen LogP contribution in [0.5, 0.6) is 0 Å². The number of phosphoric acid groups is 2. The van der Waals surface area contributed by atoms with Gasteiger partial charge in [0.2, 0.25) is 0 Å². The van der Waals surface area contributed by atoms with Crippen molar-refractivity contribution in [3.63, 3.8) is 0 Å². The van der Waals surface area contributed by atoms with Gasteiger partial charge in [-0.15, -0.1) is 0 Å². The number of ether oxygens (including phenoxy) is 4. The van der Waals surface area contributed by atoms with E-state index in [0.717, 1.165) is 109 Å². The molecular formula is C57H110O17P2. The van der Waals surface area contributed by atoms with Crippen molar-refractivity contribution in [1.82, 2.24) is 0 Å². The Labute approximate surface area is 460 Å². The highest BCUT2D eigenvalue weighted by molar-refractivity contribution is 7.47. The van der Waals surface area contributed by atoms with Crippen molar-refractivity contribution >= 4 is 39.5 Å². The number of unbranched alkanes of at least 4 members (excludes halogenated alkanes) is 28. The molecule has 0 aliphatic rings. The lowest BCUT2D eigenvalue weighted by Crippen LogP contribution is -2.30. The lowest BCUT2D eigenvalue weighted by atomic mass is 10.00. The normalized spacial score (nSPS) is 14.8. The van der Waals surface area contributed by atoms with Gasteiger partial charge in [0, 0.05) is 25.7 Å². The number of aliphatic hydroxyl groups excluding tert-OH is 1. The fraction of sp³-hybridized carbons (Fsp3) is 0.930. The van der Waals surface area contributed by atoms with E-state index in [2.05, 4.69) is 34.6 Å². The van der Waals surface area contributed by atoms with E-state index in [0.29, 0.717) is 25.7 Å².